The van der Waals surface area contributed by atoms with Gasteiger partial charge in [-0.15, -0.1) is 0 Å². The van der Waals surface area contributed by atoms with E-state index in [4.69, 9.17) is 0 Å². The molecule has 0 bridgehead atoms. The number of hydrogen-bond donors (Lipinski definition) is 1. The lowest BCUT2D eigenvalue weighted by Gasteiger charge is -2.28. The molecule has 3 rings (SSSR count). The molecule has 1 saturated carbocycles. The Labute approximate surface area is 138 Å². The summed E-state index contributed by atoms with van der Waals surface area (Å²) in [5, 5.41) is 0. The lowest BCUT2D eigenvalue weighted by atomic mass is 10.3. The van der Waals surface area contributed by atoms with Gasteiger partial charge in [0.2, 0.25) is 20.0 Å². The van der Waals surface area contributed by atoms with Crippen LogP contribution in [0.15, 0.2) is 29.2 Å². The van der Waals surface area contributed by atoms with E-state index < -0.39 is 20.0 Å². The van der Waals surface area contributed by atoms with Crippen LogP contribution in [0.5, 0.6) is 0 Å². The summed E-state index contributed by atoms with van der Waals surface area (Å²) in [5.41, 5.74) is 0.532. The van der Waals surface area contributed by atoms with Crippen molar-refractivity contribution in [3.63, 3.8) is 0 Å². The Morgan fingerprint density at radius 3 is 2.26 bits per heavy atom. The zero-order valence-corrected chi connectivity index (χ0v) is 14.6. The molecular weight excluding hydrogens is 336 g/mol. The van der Waals surface area contributed by atoms with Crippen molar-refractivity contribution in [1.82, 2.24) is 4.72 Å². The standard InChI is InChI=1S/C15H22N2O4S2/c18-22(19)12-4-3-11-17(22)14-7-9-15(10-8-14)23(20,21)16-13-5-1-2-6-13/h7-10,13,16H,1-6,11-12H2. The molecule has 0 aromatic heterocycles. The molecule has 8 heteroatoms. The molecule has 0 radical (unpaired) electrons. The quantitative estimate of drug-likeness (QED) is 0.890. The summed E-state index contributed by atoms with van der Waals surface area (Å²) in [7, 11) is -6.81. The molecule has 6 nitrogen and oxygen atoms in total. The molecule has 23 heavy (non-hydrogen) atoms. The lowest BCUT2D eigenvalue weighted by Crippen LogP contribution is -2.37. The largest absolute Gasteiger partial charge is 0.270 e. The maximum absolute atomic E-state index is 12.4. The average molecular weight is 358 g/mol. The summed E-state index contributed by atoms with van der Waals surface area (Å²) in [6.45, 7) is 0.453. The van der Waals surface area contributed by atoms with E-state index >= 15 is 0 Å². The summed E-state index contributed by atoms with van der Waals surface area (Å²) in [6, 6.07) is 6.13. The molecule has 1 aliphatic heterocycles. The Morgan fingerprint density at radius 1 is 1.00 bits per heavy atom. The second-order valence-electron chi connectivity index (χ2n) is 6.19. The molecule has 0 amide bonds. The first kappa shape index (κ1) is 16.7. The van der Waals surface area contributed by atoms with Crippen molar-refractivity contribution in [3.8, 4) is 0 Å². The van der Waals surface area contributed by atoms with Gasteiger partial charge in [-0.05, 0) is 49.9 Å². The van der Waals surface area contributed by atoms with Crippen LogP contribution in [0.1, 0.15) is 38.5 Å². The molecule has 1 heterocycles. The van der Waals surface area contributed by atoms with Crippen LogP contribution in [0.3, 0.4) is 0 Å². The summed E-state index contributed by atoms with van der Waals surface area (Å²) in [5.74, 6) is 0.149. The molecule has 0 unspecified atom stereocenters. The highest BCUT2D eigenvalue weighted by molar-refractivity contribution is 7.92. The van der Waals surface area contributed by atoms with E-state index in [9.17, 15) is 16.8 Å². The van der Waals surface area contributed by atoms with Crippen molar-refractivity contribution in [2.45, 2.75) is 49.5 Å². The predicted molar refractivity (Wildman–Crippen MR) is 89.4 cm³/mol. The van der Waals surface area contributed by atoms with Gasteiger partial charge in [-0.3, -0.25) is 4.31 Å². The smallest absolute Gasteiger partial charge is 0.240 e. The van der Waals surface area contributed by atoms with Gasteiger partial charge in [0, 0.05) is 12.6 Å². The minimum atomic E-state index is -3.54. The van der Waals surface area contributed by atoms with Crippen LogP contribution in [0.4, 0.5) is 5.69 Å². The number of nitrogens with zero attached hydrogens (tertiary/aromatic N) is 1. The SMILES string of the molecule is O=S(=O)(NC1CCCC1)c1ccc(N2CCCCS2(=O)=O)cc1. The number of nitrogens with one attached hydrogen (secondary N) is 1. The highest BCUT2D eigenvalue weighted by atomic mass is 32.2. The monoisotopic (exact) mass is 358 g/mol. The maximum Gasteiger partial charge on any atom is 0.240 e. The molecule has 1 aromatic carbocycles. The van der Waals surface area contributed by atoms with Gasteiger partial charge in [-0.25, -0.2) is 21.6 Å². The van der Waals surface area contributed by atoms with E-state index in [1.54, 1.807) is 12.1 Å². The molecule has 0 spiro atoms. The van der Waals surface area contributed by atoms with Gasteiger partial charge in [0.25, 0.3) is 0 Å². The normalized spacial score (nSPS) is 22.3. The van der Waals surface area contributed by atoms with Crippen LogP contribution in [-0.4, -0.2) is 35.2 Å². The third kappa shape index (κ3) is 3.70. The second-order valence-corrected chi connectivity index (χ2v) is 9.92. The van der Waals surface area contributed by atoms with Crippen molar-refractivity contribution in [3.05, 3.63) is 24.3 Å². The minimum Gasteiger partial charge on any atom is -0.270 e. The second kappa shape index (κ2) is 6.41. The first-order chi connectivity index (χ1) is 10.9. The first-order valence-electron chi connectivity index (χ1n) is 8.01. The van der Waals surface area contributed by atoms with E-state index in [-0.39, 0.29) is 16.7 Å². The van der Waals surface area contributed by atoms with Gasteiger partial charge in [0.05, 0.1) is 16.3 Å². The number of hydrogen-bond acceptors (Lipinski definition) is 4. The van der Waals surface area contributed by atoms with Gasteiger partial charge in [0.15, 0.2) is 0 Å². The van der Waals surface area contributed by atoms with Gasteiger partial charge in [-0.2, -0.15) is 0 Å². The summed E-state index contributed by atoms with van der Waals surface area (Å²) >= 11 is 0. The van der Waals surface area contributed by atoms with Gasteiger partial charge in [-0.1, -0.05) is 12.8 Å². The van der Waals surface area contributed by atoms with E-state index in [2.05, 4.69) is 4.72 Å². The maximum atomic E-state index is 12.4. The number of anilines is 1. The van der Waals surface area contributed by atoms with Crippen LogP contribution < -0.4 is 9.03 Å². The lowest BCUT2D eigenvalue weighted by molar-refractivity contribution is 0.552. The molecule has 1 N–H and O–H groups in total. The zero-order chi connectivity index (χ0) is 16.5. The highest BCUT2D eigenvalue weighted by Crippen LogP contribution is 2.25. The summed E-state index contributed by atoms with van der Waals surface area (Å²) in [4.78, 5) is 0.183. The Bertz CT molecular complexity index is 751. The molecular formula is C15H22N2O4S2. The summed E-state index contributed by atoms with van der Waals surface area (Å²) < 4.78 is 53.0. The molecule has 128 valence electrons. The van der Waals surface area contributed by atoms with Crippen LogP contribution in [-0.2, 0) is 20.0 Å². The zero-order valence-electron chi connectivity index (χ0n) is 12.9. The van der Waals surface area contributed by atoms with Crippen molar-refractivity contribution in [2.75, 3.05) is 16.6 Å². The topological polar surface area (TPSA) is 83.6 Å². The molecule has 0 atom stereocenters. The highest BCUT2D eigenvalue weighted by Gasteiger charge is 2.27. The Hall–Kier alpha value is -1.12. The third-order valence-corrected chi connectivity index (χ3v) is 7.87. The molecule has 2 fully saturated rings. The predicted octanol–water partition coefficient (Wildman–Crippen LogP) is 1.84. The van der Waals surface area contributed by atoms with Crippen LogP contribution in [0, 0.1) is 0 Å². The number of sulfonamides is 2. The van der Waals surface area contributed by atoms with Gasteiger partial charge >= 0.3 is 0 Å². The fourth-order valence-electron chi connectivity index (χ4n) is 3.20. The van der Waals surface area contributed by atoms with Crippen LogP contribution in [0.25, 0.3) is 0 Å². The average Bonchev–Trinajstić information content (AvgIpc) is 2.99. The molecule has 1 aliphatic carbocycles. The fourth-order valence-corrected chi connectivity index (χ4v) is 6.15. The van der Waals surface area contributed by atoms with Crippen LogP contribution >= 0.6 is 0 Å². The van der Waals surface area contributed by atoms with Crippen molar-refractivity contribution in [1.29, 1.82) is 0 Å². The molecule has 1 aromatic rings. The van der Waals surface area contributed by atoms with E-state index in [1.165, 1.54) is 16.4 Å². The fraction of sp³-hybridized carbons (Fsp3) is 0.600. The third-order valence-electron chi connectivity index (χ3n) is 4.46. The van der Waals surface area contributed by atoms with Crippen molar-refractivity contribution in [2.24, 2.45) is 0 Å². The van der Waals surface area contributed by atoms with Crippen molar-refractivity contribution < 1.29 is 16.8 Å². The number of benzene rings is 1. The summed E-state index contributed by atoms with van der Waals surface area (Å²) in [6.07, 6.45) is 5.36. The molecule has 1 saturated heterocycles. The number of rotatable bonds is 4. The van der Waals surface area contributed by atoms with E-state index in [0.717, 1.165) is 32.1 Å². The van der Waals surface area contributed by atoms with E-state index in [1.807, 2.05) is 0 Å². The van der Waals surface area contributed by atoms with Crippen LogP contribution in [0.2, 0.25) is 0 Å². The van der Waals surface area contributed by atoms with E-state index in [0.29, 0.717) is 18.7 Å². The van der Waals surface area contributed by atoms with Crippen molar-refractivity contribution >= 4 is 25.7 Å². The van der Waals surface area contributed by atoms with Gasteiger partial charge in [0.1, 0.15) is 0 Å². The molecule has 2 aliphatic rings. The van der Waals surface area contributed by atoms with Gasteiger partial charge < -0.3 is 0 Å². The first-order valence-corrected chi connectivity index (χ1v) is 11.1. The Morgan fingerprint density at radius 2 is 1.65 bits per heavy atom. The Kier molecular flexibility index (Phi) is 4.66. The minimum absolute atomic E-state index is 0.0159. The Balaban J connectivity index is 1.78.